The number of carbonyl (C=O) groups excluding carboxylic acids is 1. The number of aromatic nitrogens is 2. The van der Waals surface area contributed by atoms with Crippen molar-refractivity contribution in [2.75, 3.05) is 11.9 Å². The fourth-order valence-corrected chi connectivity index (χ4v) is 1.85. The van der Waals surface area contributed by atoms with Crippen LogP contribution in [0.4, 0.5) is 5.69 Å². The first-order chi connectivity index (χ1) is 9.70. The molecule has 0 aliphatic carbocycles. The van der Waals surface area contributed by atoms with Crippen LogP contribution in [-0.4, -0.2) is 22.4 Å². The van der Waals surface area contributed by atoms with Crippen molar-refractivity contribution in [3.05, 3.63) is 53.6 Å². The van der Waals surface area contributed by atoms with Crippen LogP contribution in [-0.2, 0) is 6.54 Å². The van der Waals surface area contributed by atoms with Crippen molar-refractivity contribution in [1.82, 2.24) is 15.3 Å². The number of amides is 1. The van der Waals surface area contributed by atoms with Gasteiger partial charge in [-0.3, -0.25) is 14.8 Å². The fourth-order valence-electron chi connectivity index (χ4n) is 1.85. The van der Waals surface area contributed by atoms with Crippen molar-refractivity contribution in [3.8, 4) is 0 Å². The lowest BCUT2D eigenvalue weighted by molar-refractivity contribution is 0.0951. The Morgan fingerprint density at radius 2 is 2.15 bits per heavy atom. The molecule has 2 heterocycles. The normalized spacial score (nSPS) is 10.1. The van der Waals surface area contributed by atoms with Gasteiger partial charge in [0, 0.05) is 24.6 Å². The fraction of sp³-hybridized carbons (Fsp3) is 0.267. The van der Waals surface area contributed by atoms with Crippen LogP contribution in [0.5, 0.6) is 0 Å². The summed E-state index contributed by atoms with van der Waals surface area (Å²) in [6.45, 7) is 5.05. The number of carbonyl (C=O) groups is 1. The number of hydrogen-bond acceptors (Lipinski definition) is 4. The smallest absolute Gasteiger partial charge is 0.255 e. The van der Waals surface area contributed by atoms with Crippen LogP contribution in [0.15, 0.2) is 36.7 Å². The van der Waals surface area contributed by atoms with Crippen LogP contribution < -0.4 is 10.6 Å². The van der Waals surface area contributed by atoms with Crippen molar-refractivity contribution in [2.45, 2.75) is 20.4 Å². The molecule has 2 N–H and O–H groups in total. The highest BCUT2D eigenvalue weighted by Crippen LogP contribution is 2.15. The summed E-state index contributed by atoms with van der Waals surface area (Å²) in [5.74, 6) is -0.154. The Bertz CT molecular complexity index is 584. The zero-order valence-electron chi connectivity index (χ0n) is 11.7. The molecule has 5 nitrogen and oxygen atoms in total. The minimum Gasteiger partial charge on any atom is -0.385 e. The van der Waals surface area contributed by atoms with Gasteiger partial charge in [-0.15, -0.1) is 0 Å². The van der Waals surface area contributed by atoms with Gasteiger partial charge in [0.05, 0.1) is 23.5 Å². The number of anilines is 1. The maximum absolute atomic E-state index is 12.2. The van der Waals surface area contributed by atoms with E-state index in [0.29, 0.717) is 12.1 Å². The predicted octanol–water partition coefficient (Wildman–Crippen LogP) is 2.15. The molecule has 0 aromatic carbocycles. The van der Waals surface area contributed by atoms with Crippen LogP contribution >= 0.6 is 0 Å². The molecule has 0 radical (unpaired) electrons. The lowest BCUT2D eigenvalue weighted by Crippen LogP contribution is -2.24. The largest absolute Gasteiger partial charge is 0.385 e. The Morgan fingerprint density at radius 1 is 1.30 bits per heavy atom. The van der Waals surface area contributed by atoms with Gasteiger partial charge in [-0.05, 0) is 32.0 Å². The van der Waals surface area contributed by atoms with E-state index in [9.17, 15) is 4.79 Å². The maximum atomic E-state index is 12.2. The van der Waals surface area contributed by atoms with Gasteiger partial charge >= 0.3 is 0 Å². The van der Waals surface area contributed by atoms with Gasteiger partial charge in [0.25, 0.3) is 5.91 Å². The van der Waals surface area contributed by atoms with Crippen LogP contribution in [0.3, 0.4) is 0 Å². The molecule has 104 valence electrons. The molecule has 2 rings (SSSR count). The Morgan fingerprint density at radius 3 is 2.85 bits per heavy atom. The van der Waals surface area contributed by atoms with E-state index in [4.69, 9.17) is 0 Å². The van der Waals surface area contributed by atoms with Crippen LogP contribution in [0.2, 0.25) is 0 Å². The summed E-state index contributed by atoms with van der Waals surface area (Å²) in [5, 5.41) is 6.03. The van der Waals surface area contributed by atoms with Gasteiger partial charge in [-0.2, -0.15) is 0 Å². The predicted molar refractivity (Wildman–Crippen MR) is 78.5 cm³/mol. The number of nitrogens with one attached hydrogen (secondary N) is 2. The molecule has 5 heteroatoms. The van der Waals surface area contributed by atoms with Crippen molar-refractivity contribution in [1.29, 1.82) is 0 Å². The summed E-state index contributed by atoms with van der Waals surface area (Å²) in [6.07, 6.45) is 3.31. The zero-order chi connectivity index (χ0) is 14.4. The Balaban J connectivity index is 2.09. The molecular weight excluding hydrogens is 252 g/mol. The number of aryl methyl sites for hydroxylation is 1. The highest BCUT2D eigenvalue weighted by Gasteiger charge is 2.11. The van der Waals surface area contributed by atoms with Gasteiger partial charge in [0.15, 0.2) is 0 Å². The lowest BCUT2D eigenvalue weighted by atomic mass is 10.2. The van der Waals surface area contributed by atoms with Crippen LogP contribution in [0.25, 0.3) is 0 Å². The van der Waals surface area contributed by atoms with E-state index in [-0.39, 0.29) is 5.91 Å². The van der Waals surface area contributed by atoms with Crippen molar-refractivity contribution in [3.63, 3.8) is 0 Å². The Hall–Kier alpha value is -2.43. The summed E-state index contributed by atoms with van der Waals surface area (Å²) in [6, 6.07) is 7.49. The van der Waals surface area contributed by atoms with Gasteiger partial charge < -0.3 is 10.6 Å². The average molecular weight is 270 g/mol. The van der Waals surface area contributed by atoms with Crippen molar-refractivity contribution >= 4 is 11.6 Å². The van der Waals surface area contributed by atoms with Gasteiger partial charge in [0.2, 0.25) is 0 Å². The molecule has 1 amide bonds. The lowest BCUT2D eigenvalue weighted by Gasteiger charge is -2.11. The van der Waals surface area contributed by atoms with E-state index in [1.807, 2.05) is 38.1 Å². The summed E-state index contributed by atoms with van der Waals surface area (Å²) in [7, 11) is 0. The van der Waals surface area contributed by atoms with Gasteiger partial charge in [-0.1, -0.05) is 6.07 Å². The van der Waals surface area contributed by atoms with Gasteiger partial charge in [-0.25, -0.2) is 0 Å². The third kappa shape index (κ3) is 3.54. The summed E-state index contributed by atoms with van der Waals surface area (Å²) >= 11 is 0. The number of rotatable bonds is 5. The second-order valence-corrected chi connectivity index (χ2v) is 4.41. The standard InChI is InChI=1S/C15H18N4O/c1-3-16-14-8-11(2)18-10-13(14)15(20)19-9-12-6-4-5-7-17-12/h4-8,10H,3,9H2,1-2H3,(H,16,18)(H,19,20). The van der Waals surface area contributed by atoms with E-state index in [1.165, 1.54) is 0 Å². The first-order valence-corrected chi connectivity index (χ1v) is 6.59. The number of pyridine rings is 2. The SMILES string of the molecule is CCNc1cc(C)ncc1C(=O)NCc1ccccn1. The average Bonchev–Trinajstić information content (AvgIpc) is 2.46. The minimum atomic E-state index is -0.154. The van der Waals surface area contributed by atoms with E-state index < -0.39 is 0 Å². The molecule has 0 atom stereocenters. The van der Waals surface area contributed by atoms with Crippen molar-refractivity contribution < 1.29 is 4.79 Å². The van der Waals surface area contributed by atoms with Crippen LogP contribution in [0, 0.1) is 6.92 Å². The molecule has 0 fully saturated rings. The first-order valence-electron chi connectivity index (χ1n) is 6.59. The second-order valence-electron chi connectivity index (χ2n) is 4.41. The molecule has 2 aromatic heterocycles. The van der Waals surface area contributed by atoms with E-state index in [0.717, 1.165) is 23.6 Å². The molecule has 0 saturated carbocycles. The van der Waals surface area contributed by atoms with Crippen LogP contribution in [0.1, 0.15) is 28.7 Å². The molecule has 0 unspecified atom stereocenters. The molecule has 0 aliphatic rings. The van der Waals surface area contributed by atoms with E-state index >= 15 is 0 Å². The zero-order valence-corrected chi connectivity index (χ0v) is 11.7. The molecule has 20 heavy (non-hydrogen) atoms. The third-order valence-corrected chi connectivity index (χ3v) is 2.81. The third-order valence-electron chi connectivity index (χ3n) is 2.81. The Kier molecular flexibility index (Phi) is 4.65. The van der Waals surface area contributed by atoms with Crippen molar-refractivity contribution in [2.24, 2.45) is 0 Å². The monoisotopic (exact) mass is 270 g/mol. The van der Waals surface area contributed by atoms with Gasteiger partial charge in [0.1, 0.15) is 0 Å². The number of hydrogen-bond donors (Lipinski definition) is 2. The molecule has 0 aliphatic heterocycles. The summed E-state index contributed by atoms with van der Waals surface area (Å²) in [4.78, 5) is 20.6. The van der Waals surface area contributed by atoms with E-state index in [2.05, 4.69) is 20.6 Å². The maximum Gasteiger partial charge on any atom is 0.255 e. The molecule has 0 bridgehead atoms. The second kappa shape index (κ2) is 6.65. The first kappa shape index (κ1) is 14.0. The minimum absolute atomic E-state index is 0.154. The molecule has 2 aromatic rings. The summed E-state index contributed by atoms with van der Waals surface area (Å²) in [5.41, 5.74) is 3.06. The number of nitrogens with zero attached hydrogens (tertiary/aromatic N) is 2. The quantitative estimate of drug-likeness (QED) is 0.873. The molecule has 0 saturated heterocycles. The molecule has 0 spiro atoms. The Labute approximate surface area is 118 Å². The highest BCUT2D eigenvalue weighted by molar-refractivity contribution is 5.99. The van der Waals surface area contributed by atoms with E-state index in [1.54, 1.807) is 12.4 Å². The highest BCUT2D eigenvalue weighted by atomic mass is 16.1. The molecular formula is C15H18N4O. The topological polar surface area (TPSA) is 66.9 Å². The summed E-state index contributed by atoms with van der Waals surface area (Å²) < 4.78 is 0.